The molecule has 1 atom stereocenters. The van der Waals surface area contributed by atoms with E-state index < -0.39 is 0 Å². The van der Waals surface area contributed by atoms with Crippen LogP contribution >= 0.6 is 31.9 Å². The molecule has 0 aromatic heterocycles. The summed E-state index contributed by atoms with van der Waals surface area (Å²) in [6.45, 7) is 5.23. The van der Waals surface area contributed by atoms with Crippen LogP contribution in [0, 0.1) is 0 Å². The number of nitrogens with one attached hydrogen (secondary N) is 1. The van der Waals surface area contributed by atoms with Crippen LogP contribution < -0.4 is 10.1 Å². The van der Waals surface area contributed by atoms with E-state index in [0.29, 0.717) is 6.04 Å². The number of hydrogen-bond acceptors (Lipinski definition) is 2. The second-order valence-electron chi connectivity index (χ2n) is 4.53. The Morgan fingerprint density at radius 1 is 1.10 bits per heavy atom. The quantitative estimate of drug-likeness (QED) is 0.699. The Balaban J connectivity index is 2.10. The Hall–Kier alpha value is -0.840. The second-order valence-corrected chi connectivity index (χ2v) is 6.30. The lowest BCUT2D eigenvalue weighted by Gasteiger charge is -2.13. The first-order chi connectivity index (χ1) is 9.60. The molecule has 2 nitrogen and oxygen atoms in total. The van der Waals surface area contributed by atoms with Crippen molar-refractivity contribution in [2.75, 3.05) is 6.54 Å². The van der Waals surface area contributed by atoms with Crippen LogP contribution in [0.5, 0.6) is 11.5 Å². The minimum atomic E-state index is 0.355. The van der Waals surface area contributed by atoms with Crippen molar-refractivity contribution in [3.63, 3.8) is 0 Å². The van der Waals surface area contributed by atoms with E-state index in [-0.39, 0.29) is 0 Å². The molecule has 0 radical (unpaired) electrons. The van der Waals surface area contributed by atoms with Gasteiger partial charge in [0.1, 0.15) is 11.5 Å². The van der Waals surface area contributed by atoms with Crippen LogP contribution in [0.15, 0.2) is 51.4 Å². The van der Waals surface area contributed by atoms with Gasteiger partial charge in [0.25, 0.3) is 0 Å². The number of benzene rings is 2. The Bertz CT molecular complexity index is 569. The summed E-state index contributed by atoms with van der Waals surface area (Å²) in [6.07, 6.45) is 0. The third kappa shape index (κ3) is 4.08. The molecule has 1 unspecified atom stereocenters. The maximum Gasteiger partial charge on any atom is 0.141 e. The van der Waals surface area contributed by atoms with Gasteiger partial charge < -0.3 is 10.1 Å². The summed E-state index contributed by atoms with van der Waals surface area (Å²) in [6, 6.07) is 14.4. The van der Waals surface area contributed by atoms with E-state index in [1.54, 1.807) is 0 Å². The fourth-order valence-electron chi connectivity index (χ4n) is 1.93. The molecule has 0 amide bonds. The minimum Gasteiger partial charge on any atom is -0.456 e. The molecule has 2 aromatic rings. The van der Waals surface area contributed by atoms with Crippen molar-refractivity contribution in [2.45, 2.75) is 19.9 Å². The first-order valence-electron chi connectivity index (χ1n) is 6.56. The zero-order chi connectivity index (χ0) is 14.5. The van der Waals surface area contributed by atoms with E-state index >= 15 is 0 Å². The molecule has 0 aliphatic carbocycles. The van der Waals surface area contributed by atoms with E-state index in [1.807, 2.05) is 30.3 Å². The van der Waals surface area contributed by atoms with E-state index in [4.69, 9.17) is 4.74 Å². The van der Waals surface area contributed by atoms with Crippen molar-refractivity contribution in [1.29, 1.82) is 0 Å². The maximum absolute atomic E-state index is 5.87. The van der Waals surface area contributed by atoms with Gasteiger partial charge >= 0.3 is 0 Å². The van der Waals surface area contributed by atoms with Crippen molar-refractivity contribution in [1.82, 2.24) is 5.32 Å². The normalized spacial score (nSPS) is 12.2. The van der Waals surface area contributed by atoms with Gasteiger partial charge in [-0.15, -0.1) is 0 Å². The van der Waals surface area contributed by atoms with Crippen molar-refractivity contribution in [3.05, 3.63) is 57.0 Å². The van der Waals surface area contributed by atoms with Crippen LogP contribution in [0.1, 0.15) is 25.5 Å². The van der Waals surface area contributed by atoms with Crippen LogP contribution in [0.3, 0.4) is 0 Å². The summed E-state index contributed by atoms with van der Waals surface area (Å²) in [7, 11) is 0. The number of ether oxygens (including phenoxy) is 1. The van der Waals surface area contributed by atoms with Crippen molar-refractivity contribution >= 4 is 31.9 Å². The first-order valence-corrected chi connectivity index (χ1v) is 8.15. The monoisotopic (exact) mass is 397 g/mol. The topological polar surface area (TPSA) is 21.3 Å². The van der Waals surface area contributed by atoms with E-state index in [0.717, 1.165) is 27.0 Å². The smallest absolute Gasteiger partial charge is 0.141 e. The fraction of sp³-hybridized carbons (Fsp3) is 0.250. The lowest BCUT2D eigenvalue weighted by molar-refractivity contribution is 0.478. The van der Waals surface area contributed by atoms with E-state index in [9.17, 15) is 0 Å². The maximum atomic E-state index is 5.87. The highest BCUT2D eigenvalue weighted by Crippen LogP contribution is 2.32. The lowest BCUT2D eigenvalue weighted by atomic mass is 10.1. The fourth-order valence-corrected chi connectivity index (χ4v) is 3.06. The van der Waals surface area contributed by atoms with Crippen LogP contribution in [-0.4, -0.2) is 6.54 Å². The third-order valence-corrected chi connectivity index (χ3v) is 4.13. The molecule has 0 saturated heterocycles. The first kappa shape index (κ1) is 15.5. The average Bonchev–Trinajstić information content (AvgIpc) is 2.43. The summed E-state index contributed by atoms with van der Waals surface area (Å²) >= 11 is 6.93. The summed E-state index contributed by atoms with van der Waals surface area (Å²) in [5.74, 6) is 1.64. The number of halogens is 2. The predicted molar refractivity (Wildman–Crippen MR) is 90.4 cm³/mol. The Labute approximate surface area is 136 Å². The molecule has 0 aliphatic rings. The molecule has 0 bridgehead atoms. The predicted octanol–water partition coefficient (Wildman–Crippen LogP) is 5.67. The molecule has 2 aromatic carbocycles. The van der Waals surface area contributed by atoms with Crippen LogP contribution in [0.2, 0.25) is 0 Å². The van der Waals surface area contributed by atoms with Crippen molar-refractivity contribution < 1.29 is 4.74 Å². The zero-order valence-corrected chi connectivity index (χ0v) is 14.7. The van der Waals surface area contributed by atoms with Gasteiger partial charge in [0, 0.05) is 10.5 Å². The molecule has 2 rings (SSSR count). The van der Waals surface area contributed by atoms with E-state index in [1.165, 1.54) is 5.56 Å². The van der Waals surface area contributed by atoms with E-state index in [2.05, 4.69) is 63.2 Å². The second kappa shape index (κ2) is 7.25. The molecule has 0 aliphatic heterocycles. The molecule has 1 N–H and O–H groups in total. The lowest BCUT2D eigenvalue weighted by Crippen LogP contribution is -2.17. The minimum absolute atomic E-state index is 0.355. The van der Waals surface area contributed by atoms with Crippen LogP contribution in [0.25, 0.3) is 0 Å². The summed E-state index contributed by atoms with van der Waals surface area (Å²) < 4.78 is 7.82. The largest absolute Gasteiger partial charge is 0.456 e. The molecular weight excluding hydrogens is 382 g/mol. The Kier molecular flexibility index (Phi) is 5.64. The molecule has 20 heavy (non-hydrogen) atoms. The average molecular weight is 399 g/mol. The highest BCUT2D eigenvalue weighted by molar-refractivity contribution is 9.11. The van der Waals surface area contributed by atoms with Gasteiger partial charge in [-0.2, -0.15) is 0 Å². The van der Waals surface area contributed by atoms with Crippen molar-refractivity contribution in [3.8, 4) is 11.5 Å². The summed E-state index contributed by atoms with van der Waals surface area (Å²) in [4.78, 5) is 0. The zero-order valence-electron chi connectivity index (χ0n) is 11.5. The van der Waals surface area contributed by atoms with Gasteiger partial charge in [-0.1, -0.05) is 35.0 Å². The van der Waals surface area contributed by atoms with Gasteiger partial charge in [0.05, 0.1) is 4.47 Å². The third-order valence-electron chi connectivity index (χ3n) is 3.01. The SMILES string of the molecule is CCNC(C)c1ccc(Oc2ccc(Br)cc2Br)cc1. The van der Waals surface area contributed by atoms with Gasteiger partial charge in [-0.05, 0) is 65.3 Å². The number of hydrogen-bond donors (Lipinski definition) is 1. The number of rotatable bonds is 5. The highest BCUT2D eigenvalue weighted by Gasteiger charge is 2.06. The molecule has 0 saturated carbocycles. The van der Waals surface area contributed by atoms with Crippen LogP contribution in [0.4, 0.5) is 0 Å². The van der Waals surface area contributed by atoms with Gasteiger partial charge in [-0.25, -0.2) is 0 Å². The molecule has 0 fully saturated rings. The summed E-state index contributed by atoms with van der Waals surface area (Å²) in [5, 5.41) is 3.39. The molecule has 0 spiro atoms. The van der Waals surface area contributed by atoms with Gasteiger partial charge in [-0.3, -0.25) is 0 Å². The van der Waals surface area contributed by atoms with Gasteiger partial charge in [0.15, 0.2) is 0 Å². The Morgan fingerprint density at radius 3 is 2.40 bits per heavy atom. The molecule has 106 valence electrons. The molecule has 0 heterocycles. The van der Waals surface area contributed by atoms with Gasteiger partial charge in [0.2, 0.25) is 0 Å². The molecule has 4 heteroatoms. The summed E-state index contributed by atoms with van der Waals surface area (Å²) in [5.41, 5.74) is 1.26. The Morgan fingerprint density at radius 2 is 1.80 bits per heavy atom. The highest BCUT2D eigenvalue weighted by atomic mass is 79.9. The standard InChI is InChI=1S/C16H17Br2NO/c1-3-19-11(2)12-4-7-14(8-5-12)20-16-9-6-13(17)10-15(16)18/h4-11,19H,3H2,1-2H3. The van der Waals surface area contributed by atoms with Crippen molar-refractivity contribution in [2.24, 2.45) is 0 Å². The van der Waals surface area contributed by atoms with Crippen LogP contribution in [-0.2, 0) is 0 Å². The molecular formula is C16H17Br2NO.